The lowest BCUT2D eigenvalue weighted by Crippen LogP contribution is -2.05. The number of carbonyl (C=O) groups is 1. The number of halogens is 3. The Hall–Kier alpha value is -1.91. The lowest BCUT2D eigenvalue weighted by molar-refractivity contribution is -0.114. The molecule has 5 nitrogen and oxygen atoms in total. The summed E-state index contributed by atoms with van der Waals surface area (Å²) in [4.78, 5) is 19.9. The lowest BCUT2D eigenvalue weighted by Gasteiger charge is -2.06. The second-order valence-electron chi connectivity index (χ2n) is 5.86. The van der Waals surface area contributed by atoms with Crippen LogP contribution >= 0.6 is 41.9 Å². The van der Waals surface area contributed by atoms with Gasteiger partial charge in [-0.05, 0) is 29.8 Å². The Balaban J connectivity index is 1.99. The molecule has 1 amide bonds. The van der Waals surface area contributed by atoms with Gasteiger partial charge in [0.2, 0.25) is 5.91 Å². The van der Waals surface area contributed by atoms with Crippen LogP contribution < -0.4 is 5.32 Å². The van der Waals surface area contributed by atoms with Gasteiger partial charge in [-0.3, -0.25) is 13.8 Å². The number of aromatic nitrogens is 3. The van der Waals surface area contributed by atoms with E-state index in [1.165, 1.54) is 28.3 Å². The first-order chi connectivity index (χ1) is 13.0. The van der Waals surface area contributed by atoms with E-state index in [0.29, 0.717) is 21.7 Å². The Bertz CT molecular complexity index is 1210. The Morgan fingerprint density at radius 2 is 2.11 bits per heavy atom. The second kappa shape index (κ2) is 7.25. The number of hydrogen-bond acceptors (Lipinski definition) is 4. The quantitative estimate of drug-likeness (QED) is 0.350. The number of carbonyl (C=O) groups excluding carboxylic acids is 1. The van der Waals surface area contributed by atoms with Gasteiger partial charge in [-0.2, -0.15) is 0 Å². The molecule has 1 aromatic carbocycles. The highest BCUT2D eigenvalue weighted by Gasteiger charge is 2.16. The SMILES string of the molecule is CC(=O)Nc1cnc2c(c1)c(-c1cc(F)c3nccc(Cl)c3c1)cn2SI. The van der Waals surface area contributed by atoms with Crippen LogP contribution in [0, 0.1) is 5.82 Å². The van der Waals surface area contributed by atoms with Gasteiger partial charge >= 0.3 is 0 Å². The fourth-order valence-corrected chi connectivity index (χ4v) is 4.43. The van der Waals surface area contributed by atoms with Crippen molar-refractivity contribution in [2.45, 2.75) is 6.92 Å². The zero-order valence-electron chi connectivity index (χ0n) is 13.8. The summed E-state index contributed by atoms with van der Waals surface area (Å²) >= 11 is 8.40. The molecule has 0 aliphatic heterocycles. The van der Waals surface area contributed by atoms with Crippen molar-refractivity contribution in [2.75, 3.05) is 5.32 Å². The zero-order valence-corrected chi connectivity index (χ0v) is 17.6. The van der Waals surface area contributed by atoms with Gasteiger partial charge in [0.05, 0.1) is 16.9 Å². The molecule has 136 valence electrons. The molecule has 0 saturated carbocycles. The van der Waals surface area contributed by atoms with Gasteiger partial charge in [0, 0.05) is 66.0 Å². The number of nitrogens with one attached hydrogen (secondary N) is 1. The molecular weight excluding hydrogens is 502 g/mol. The van der Waals surface area contributed by atoms with Crippen LogP contribution in [-0.4, -0.2) is 19.8 Å². The van der Waals surface area contributed by atoms with E-state index in [4.69, 9.17) is 11.6 Å². The van der Waals surface area contributed by atoms with E-state index in [9.17, 15) is 9.18 Å². The van der Waals surface area contributed by atoms with Crippen molar-refractivity contribution in [1.82, 2.24) is 13.9 Å². The zero-order chi connectivity index (χ0) is 19.1. The predicted molar refractivity (Wildman–Crippen MR) is 117 cm³/mol. The maximum absolute atomic E-state index is 14.6. The van der Waals surface area contributed by atoms with Gasteiger partial charge in [-0.1, -0.05) is 11.6 Å². The highest BCUT2D eigenvalue weighted by Crippen LogP contribution is 2.37. The fraction of sp³-hybridized carbons (Fsp3) is 0.0556. The Morgan fingerprint density at radius 3 is 2.85 bits per heavy atom. The standard InChI is InChI=1S/C18H11ClFIN4OS/c1-9(26)24-11-6-12-14(8-25(27-21)18(12)23-7-11)10-4-13-15(19)2-3-22-17(13)16(20)5-10/h2-8H,1H3,(H,24,26). The average Bonchev–Trinajstić information content (AvgIpc) is 3.00. The normalized spacial score (nSPS) is 11.3. The summed E-state index contributed by atoms with van der Waals surface area (Å²) in [6.45, 7) is 1.44. The second-order valence-corrected chi connectivity index (χ2v) is 7.98. The van der Waals surface area contributed by atoms with Crippen molar-refractivity contribution in [3.05, 3.63) is 53.7 Å². The molecule has 9 heteroatoms. The highest BCUT2D eigenvalue weighted by molar-refractivity contribution is 14.2. The summed E-state index contributed by atoms with van der Waals surface area (Å²) in [7, 11) is 1.45. The number of anilines is 1. The topological polar surface area (TPSA) is 59.8 Å². The van der Waals surface area contributed by atoms with Crippen LogP contribution in [0.5, 0.6) is 0 Å². The summed E-state index contributed by atoms with van der Waals surface area (Å²) in [5.41, 5.74) is 2.97. The van der Waals surface area contributed by atoms with Crippen molar-refractivity contribution in [3.8, 4) is 11.1 Å². The van der Waals surface area contributed by atoms with E-state index in [1.807, 2.05) is 22.3 Å². The molecular formula is C18H11ClFIN4OS. The van der Waals surface area contributed by atoms with Crippen LogP contribution in [0.15, 0.2) is 42.9 Å². The number of benzene rings is 1. The molecule has 0 aliphatic carbocycles. The molecule has 0 saturated heterocycles. The summed E-state index contributed by atoms with van der Waals surface area (Å²) in [6.07, 6.45) is 4.96. The molecule has 4 rings (SSSR count). The van der Waals surface area contributed by atoms with Gasteiger partial charge in [-0.15, -0.1) is 0 Å². The van der Waals surface area contributed by atoms with Gasteiger partial charge < -0.3 is 5.32 Å². The average molecular weight is 513 g/mol. The third kappa shape index (κ3) is 3.37. The number of amides is 1. The van der Waals surface area contributed by atoms with Gasteiger partial charge in [-0.25, -0.2) is 9.37 Å². The van der Waals surface area contributed by atoms with Crippen molar-refractivity contribution >= 4 is 75.5 Å². The molecule has 0 aliphatic rings. The fourth-order valence-electron chi connectivity index (χ4n) is 2.97. The van der Waals surface area contributed by atoms with E-state index in [1.54, 1.807) is 12.3 Å². The molecule has 0 fully saturated rings. The number of pyridine rings is 2. The third-order valence-electron chi connectivity index (χ3n) is 4.06. The molecule has 4 aromatic rings. The van der Waals surface area contributed by atoms with Crippen LogP contribution in [0.2, 0.25) is 5.02 Å². The Kier molecular flexibility index (Phi) is 4.95. The first-order valence-electron chi connectivity index (χ1n) is 7.80. The Morgan fingerprint density at radius 1 is 1.30 bits per heavy atom. The molecule has 0 spiro atoms. The molecule has 0 atom stereocenters. The van der Waals surface area contributed by atoms with Crippen molar-refractivity contribution < 1.29 is 9.18 Å². The molecule has 1 N–H and O–H groups in total. The van der Waals surface area contributed by atoms with Crippen molar-refractivity contribution in [1.29, 1.82) is 0 Å². The smallest absolute Gasteiger partial charge is 0.221 e. The maximum atomic E-state index is 14.6. The molecule has 27 heavy (non-hydrogen) atoms. The van der Waals surface area contributed by atoms with E-state index >= 15 is 0 Å². The molecule has 3 aromatic heterocycles. The maximum Gasteiger partial charge on any atom is 0.221 e. The lowest BCUT2D eigenvalue weighted by atomic mass is 10.0. The first kappa shape index (κ1) is 18.5. The van der Waals surface area contributed by atoms with Crippen LogP contribution in [0.3, 0.4) is 0 Å². The monoisotopic (exact) mass is 512 g/mol. The molecule has 3 heterocycles. The number of fused-ring (bicyclic) bond motifs is 2. The Labute approximate surface area is 175 Å². The van der Waals surface area contributed by atoms with E-state index in [-0.39, 0.29) is 11.4 Å². The summed E-state index contributed by atoms with van der Waals surface area (Å²) < 4.78 is 16.5. The molecule has 0 radical (unpaired) electrons. The largest absolute Gasteiger partial charge is 0.325 e. The summed E-state index contributed by atoms with van der Waals surface area (Å²) in [6, 6.07) is 6.71. The highest BCUT2D eigenvalue weighted by atomic mass is 127. The predicted octanol–water partition coefficient (Wildman–Crippen LogP) is 5.85. The minimum atomic E-state index is -0.445. The molecule has 0 bridgehead atoms. The van der Waals surface area contributed by atoms with E-state index in [0.717, 1.165) is 16.6 Å². The van der Waals surface area contributed by atoms with Crippen LogP contribution in [0.25, 0.3) is 33.1 Å². The van der Waals surface area contributed by atoms with Crippen LogP contribution in [0.4, 0.5) is 10.1 Å². The van der Waals surface area contributed by atoms with Crippen LogP contribution in [0.1, 0.15) is 6.92 Å². The minimum Gasteiger partial charge on any atom is -0.325 e. The summed E-state index contributed by atoms with van der Waals surface area (Å²) in [5.74, 6) is -0.631. The third-order valence-corrected chi connectivity index (χ3v) is 6.09. The van der Waals surface area contributed by atoms with Gasteiger partial charge in [0.25, 0.3) is 0 Å². The van der Waals surface area contributed by atoms with Gasteiger partial charge in [0.15, 0.2) is 5.65 Å². The molecule has 0 unspecified atom stereocenters. The number of nitrogens with zero attached hydrogens (tertiary/aromatic N) is 3. The van der Waals surface area contributed by atoms with E-state index < -0.39 is 5.82 Å². The first-order valence-corrected chi connectivity index (χ1v) is 11.5. The summed E-state index contributed by atoms with van der Waals surface area (Å²) in [5, 5.41) is 4.50. The van der Waals surface area contributed by atoms with Gasteiger partial charge in [0.1, 0.15) is 11.3 Å². The van der Waals surface area contributed by atoms with Crippen molar-refractivity contribution in [3.63, 3.8) is 0 Å². The van der Waals surface area contributed by atoms with Crippen molar-refractivity contribution in [2.24, 2.45) is 0 Å². The number of rotatable bonds is 3. The van der Waals surface area contributed by atoms with Crippen LogP contribution in [-0.2, 0) is 4.79 Å². The van der Waals surface area contributed by atoms with E-state index in [2.05, 4.69) is 36.5 Å². The minimum absolute atomic E-state index is 0.185. The number of hydrogen-bond donors (Lipinski definition) is 1.